The third kappa shape index (κ3) is 5.73. The summed E-state index contributed by atoms with van der Waals surface area (Å²) in [4.78, 5) is 21.7. The maximum atomic E-state index is 11.7. The summed E-state index contributed by atoms with van der Waals surface area (Å²) >= 11 is 0. The number of furan rings is 1. The number of carbonyl (C=O) groups excluding carboxylic acids is 2. The number of amides is 2. The van der Waals surface area contributed by atoms with E-state index in [1.54, 1.807) is 12.1 Å². The van der Waals surface area contributed by atoms with E-state index in [4.69, 9.17) is 9.68 Å². The number of rotatable bonds is 9. The first-order chi connectivity index (χ1) is 9.77. The second-order valence-corrected chi connectivity index (χ2v) is 3.81. The molecule has 0 saturated heterocycles. The van der Waals surface area contributed by atoms with Crippen LogP contribution in [0.2, 0.25) is 0 Å². The second kappa shape index (κ2) is 9.22. The van der Waals surface area contributed by atoms with Crippen molar-refractivity contribution in [1.82, 2.24) is 16.0 Å². The fourth-order valence-corrected chi connectivity index (χ4v) is 1.35. The molecule has 0 bridgehead atoms. The molecule has 7 nitrogen and oxygen atoms in total. The van der Waals surface area contributed by atoms with Gasteiger partial charge in [0.25, 0.3) is 5.91 Å². The number of nitrogens with zero attached hydrogens (tertiary/aromatic N) is 1. The Morgan fingerprint density at radius 2 is 2.20 bits per heavy atom. The zero-order valence-corrected chi connectivity index (χ0v) is 10.9. The van der Waals surface area contributed by atoms with Gasteiger partial charge in [0.2, 0.25) is 6.41 Å². The minimum Gasteiger partial charge on any atom is -0.467 e. The molecule has 0 radical (unpaired) electrons. The summed E-state index contributed by atoms with van der Waals surface area (Å²) in [6, 6.07) is 5.27. The molecular weight excluding hydrogens is 260 g/mol. The van der Waals surface area contributed by atoms with Gasteiger partial charge in [0.05, 0.1) is 12.8 Å². The zero-order chi connectivity index (χ0) is 14.6. The smallest absolute Gasteiger partial charge is 0.263 e. The van der Waals surface area contributed by atoms with E-state index in [-0.39, 0.29) is 12.1 Å². The average molecular weight is 276 g/mol. The van der Waals surface area contributed by atoms with E-state index in [2.05, 4.69) is 16.0 Å². The van der Waals surface area contributed by atoms with Crippen molar-refractivity contribution in [3.05, 3.63) is 35.9 Å². The monoisotopic (exact) mass is 276 g/mol. The molecule has 20 heavy (non-hydrogen) atoms. The van der Waals surface area contributed by atoms with Crippen molar-refractivity contribution >= 4 is 12.3 Å². The number of nitrogens with one attached hydrogen (secondary N) is 3. The van der Waals surface area contributed by atoms with Crippen LogP contribution in [0.3, 0.4) is 0 Å². The summed E-state index contributed by atoms with van der Waals surface area (Å²) in [5, 5.41) is 16.8. The minimum atomic E-state index is -0.470. The molecule has 106 valence electrons. The van der Waals surface area contributed by atoms with E-state index in [1.165, 1.54) is 12.5 Å². The number of hydrogen-bond acceptors (Lipinski definition) is 5. The van der Waals surface area contributed by atoms with Crippen molar-refractivity contribution in [1.29, 1.82) is 5.26 Å². The van der Waals surface area contributed by atoms with Crippen LogP contribution in [0.1, 0.15) is 12.2 Å². The lowest BCUT2D eigenvalue weighted by molar-refractivity contribution is -0.117. The van der Waals surface area contributed by atoms with E-state index < -0.39 is 5.91 Å². The highest BCUT2D eigenvalue weighted by Gasteiger charge is 2.08. The molecule has 0 spiro atoms. The third-order valence-electron chi connectivity index (χ3n) is 2.34. The maximum absolute atomic E-state index is 11.7. The Morgan fingerprint density at radius 1 is 1.40 bits per heavy atom. The quantitative estimate of drug-likeness (QED) is 0.255. The number of nitriles is 1. The molecule has 0 unspecified atom stereocenters. The minimum absolute atomic E-state index is 0.0140. The summed E-state index contributed by atoms with van der Waals surface area (Å²) < 4.78 is 5.07. The first-order valence-corrected chi connectivity index (χ1v) is 6.09. The Kier molecular flexibility index (Phi) is 7.05. The lowest BCUT2D eigenvalue weighted by Crippen LogP contribution is -2.25. The molecule has 0 atom stereocenters. The van der Waals surface area contributed by atoms with E-state index in [9.17, 15) is 9.59 Å². The number of carbonyl (C=O) groups is 2. The lowest BCUT2D eigenvalue weighted by Gasteiger charge is -2.03. The highest BCUT2D eigenvalue weighted by molar-refractivity contribution is 5.97. The summed E-state index contributed by atoms with van der Waals surface area (Å²) in [6.45, 7) is 1.32. The van der Waals surface area contributed by atoms with Crippen LogP contribution in [-0.2, 0) is 16.1 Å². The van der Waals surface area contributed by atoms with Crippen LogP contribution in [0.5, 0.6) is 0 Å². The summed E-state index contributed by atoms with van der Waals surface area (Å²) in [6.07, 6.45) is 4.19. The Bertz CT molecular complexity index is 488. The molecule has 1 rings (SSSR count). The molecule has 0 aromatic carbocycles. The molecular formula is C13H16N4O3. The van der Waals surface area contributed by atoms with Gasteiger partial charge in [-0.1, -0.05) is 0 Å². The van der Waals surface area contributed by atoms with Gasteiger partial charge < -0.3 is 20.4 Å². The van der Waals surface area contributed by atoms with Crippen LogP contribution in [0.4, 0.5) is 0 Å². The van der Waals surface area contributed by atoms with Crippen LogP contribution in [0.15, 0.2) is 34.6 Å². The summed E-state index contributed by atoms with van der Waals surface area (Å²) in [5.74, 6) is 0.144. The molecule has 1 heterocycles. The van der Waals surface area contributed by atoms with Crippen LogP contribution in [-0.4, -0.2) is 25.4 Å². The van der Waals surface area contributed by atoms with Gasteiger partial charge in [-0.2, -0.15) is 5.26 Å². The van der Waals surface area contributed by atoms with E-state index >= 15 is 0 Å². The highest BCUT2D eigenvalue weighted by Crippen LogP contribution is 1.99. The molecule has 1 aromatic rings. The normalized spacial score (nSPS) is 10.4. The van der Waals surface area contributed by atoms with Crippen molar-refractivity contribution in [2.24, 2.45) is 0 Å². The fraction of sp³-hybridized carbons (Fsp3) is 0.308. The zero-order valence-electron chi connectivity index (χ0n) is 10.9. The Hall–Kier alpha value is -2.75. The van der Waals surface area contributed by atoms with Gasteiger partial charge in [0.1, 0.15) is 17.4 Å². The van der Waals surface area contributed by atoms with Crippen molar-refractivity contribution in [2.75, 3.05) is 13.1 Å². The van der Waals surface area contributed by atoms with E-state index in [0.717, 1.165) is 0 Å². The van der Waals surface area contributed by atoms with Crippen molar-refractivity contribution in [3.8, 4) is 6.07 Å². The molecule has 0 saturated carbocycles. The molecule has 7 heteroatoms. The lowest BCUT2D eigenvalue weighted by atomic mass is 10.3. The standard InChI is InChI=1S/C13H16N4O3/c14-7-11(8-15-4-2-5-16-10-18)13(19)17-9-12-3-1-6-20-12/h1,3,6,8,10,15H,2,4-5,9H2,(H,16,18)(H,17,19)/b11-8-. The van der Waals surface area contributed by atoms with Gasteiger partial charge in [-0.3, -0.25) is 9.59 Å². The molecule has 0 aliphatic heterocycles. The van der Waals surface area contributed by atoms with Gasteiger partial charge in [0.15, 0.2) is 0 Å². The molecule has 0 fully saturated rings. The van der Waals surface area contributed by atoms with Gasteiger partial charge in [-0.15, -0.1) is 0 Å². The topological polar surface area (TPSA) is 107 Å². The Labute approximate surface area is 116 Å². The Balaban J connectivity index is 2.30. The number of hydrogen-bond donors (Lipinski definition) is 3. The predicted molar refractivity (Wildman–Crippen MR) is 70.9 cm³/mol. The molecule has 1 aromatic heterocycles. The van der Waals surface area contributed by atoms with E-state index in [0.29, 0.717) is 31.7 Å². The fourth-order valence-electron chi connectivity index (χ4n) is 1.35. The largest absolute Gasteiger partial charge is 0.467 e. The SMILES string of the molecule is N#C/C(=C/NCCCNC=O)C(=O)NCc1ccco1. The van der Waals surface area contributed by atoms with Gasteiger partial charge in [0, 0.05) is 19.3 Å². The van der Waals surface area contributed by atoms with Crippen molar-refractivity contribution in [3.63, 3.8) is 0 Å². The van der Waals surface area contributed by atoms with Crippen LogP contribution in [0, 0.1) is 11.3 Å². The molecule has 2 amide bonds. The first-order valence-electron chi connectivity index (χ1n) is 6.09. The van der Waals surface area contributed by atoms with Crippen LogP contribution < -0.4 is 16.0 Å². The van der Waals surface area contributed by atoms with Gasteiger partial charge in [-0.25, -0.2) is 0 Å². The summed E-state index contributed by atoms with van der Waals surface area (Å²) in [7, 11) is 0. The van der Waals surface area contributed by atoms with E-state index in [1.807, 2.05) is 6.07 Å². The van der Waals surface area contributed by atoms with Crippen LogP contribution in [0.25, 0.3) is 0 Å². The van der Waals surface area contributed by atoms with Crippen molar-refractivity contribution in [2.45, 2.75) is 13.0 Å². The first kappa shape index (κ1) is 15.3. The molecule has 0 aliphatic carbocycles. The third-order valence-corrected chi connectivity index (χ3v) is 2.34. The van der Waals surface area contributed by atoms with Gasteiger partial charge >= 0.3 is 0 Å². The van der Waals surface area contributed by atoms with Crippen molar-refractivity contribution < 1.29 is 14.0 Å². The van der Waals surface area contributed by atoms with Gasteiger partial charge in [-0.05, 0) is 18.6 Å². The second-order valence-electron chi connectivity index (χ2n) is 3.81. The molecule has 3 N–H and O–H groups in total. The highest BCUT2D eigenvalue weighted by atomic mass is 16.3. The average Bonchev–Trinajstić information content (AvgIpc) is 2.97. The Morgan fingerprint density at radius 3 is 2.85 bits per heavy atom. The predicted octanol–water partition coefficient (Wildman–Crippen LogP) is 0.0290. The maximum Gasteiger partial charge on any atom is 0.263 e. The van der Waals surface area contributed by atoms with Crippen LogP contribution >= 0.6 is 0 Å². The summed E-state index contributed by atoms with van der Waals surface area (Å²) in [5.41, 5.74) is -0.0140. The molecule has 0 aliphatic rings.